The molecule has 104 valence electrons. The van der Waals surface area contributed by atoms with Crippen LogP contribution in [0.25, 0.3) is 0 Å². The molecule has 1 aliphatic carbocycles. The van der Waals surface area contributed by atoms with Crippen LogP contribution in [0.1, 0.15) is 43.9 Å². The number of nitrogens with one attached hydrogen (secondary N) is 1. The highest BCUT2D eigenvalue weighted by Gasteiger charge is 2.43. The molecule has 2 aliphatic rings. The minimum absolute atomic E-state index is 0.111. The van der Waals surface area contributed by atoms with Gasteiger partial charge in [-0.15, -0.1) is 0 Å². The van der Waals surface area contributed by atoms with Crippen molar-refractivity contribution in [1.29, 1.82) is 0 Å². The average Bonchev–Trinajstić information content (AvgIpc) is 3.16. The summed E-state index contributed by atoms with van der Waals surface area (Å²) in [6.07, 6.45) is 2.43. The second-order valence-electron chi connectivity index (χ2n) is 6.02. The summed E-state index contributed by atoms with van der Waals surface area (Å²) in [5.41, 5.74) is 1.84. The van der Waals surface area contributed by atoms with Gasteiger partial charge in [-0.1, -0.05) is 25.1 Å². The molecule has 1 N–H and O–H groups in total. The molecule has 3 unspecified atom stereocenters. The molecule has 19 heavy (non-hydrogen) atoms. The summed E-state index contributed by atoms with van der Waals surface area (Å²) >= 11 is 0. The van der Waals surface area contributed by atoms with Crippen LogP contribution < -0.4 is 5.32 Å². The van der Waals surface area contributed by atoms with E-state index in [4.69, 9.17) is 0 Å². The smallest absolute Gasteiger partial charge is 0.181 e. The monoisotopic (exact) mass is 279 g/mol. The standard InChI is InChI=1S/C15H21NO2S/c1-9-5-4-6-13-14(16-12-7-8-12)10(2)11(3)19(17,18)15(9)13/h4-6,10-12,14,16H,7-8H2,1-3H3. The highest BCUT2D eigenvalue weighted by Crippen LogP contribution is 2.42. The third-order valence-electron chi connectivity index (χ3n) is 4.61. The van der Waals surface area contributed by atoms with Gasteiger partial charge in [0.1, 0.15) is 0 Å². The molecule has 1 heterocycles. The molecule has 1 aromatic carbocycles. The van der Waals surface area contributed by atoms with E-state index in [1.807, 2.05) is 39.0 Å². The van der Waals surface area contributed by atoms with Crippen molar-refractivity contribution in [2.75, 3.05) is 0 Å². The molecule has 3 nitrogen and oxygen atoms in total. The van der Waals surface area contributed by atoms with Crippen LogP contribution in [0.3, 0.4) is 0 Å². The zero-order valence-corrected chi connectivity index (χ0v) is 12.5. The van der Waals surface area contributed by atoms with Crippen molar-refractivity contribution in [2.24, 2.45) is 5.92 Å². The summed E-state index contributed by atoms with van der Waals surface area (Å²) in [5, 5.41) is 3.31. The summed E-state index contributed by atoms with van der Waals surface area (Å²) in [6, 6.07) is 6.58. The highest BCUT2D eigenvalue weighted by atomic mass is 32.2. The number of hydrogen-bond donors (Lipinski definition) is 1. The Morgan fingerprint density at radius 2 is 1.89 bits per heavy atom. The molecule has 0 spiro atoms. The van der Waals surface area contributed by atoms with Crippen LogP contribution in [-0.4, -0.2) is 19.7 Å². The van der Waals surface area contributed by atoms with E-state index in [-0.39, 0.29) is 17.2 Å². The Hall–Kier alpha value is -0.870. The number of sulfone groups is 1. The van der Waals surface area contributed by atoms with Crippen LogP contribution in [-0.2, 0) is 9.84 Å². The molecular weight excluding hydrogens is 258 g/mol. The number of aryl methyl sites for hydroxylation is 1. The lowest BCUT2D eigenvalue weighted by Gasteiger charge is -2.37. The average molecular weight is 279 g/mol. The zero-order chi connectivity index (χ0) is 13.8. The molecule has 0 bridgehead atoms. The Kier molecular flexibility index (Phi) is 2.98. The van der Waals surface area contributed by atoms with E-state index in [1.54, 1.807) is 0 Å². The highest BCUT2D eigenvalue weighted by molar-refractivity contribution is 7.92. The Labute approximate surface area is 115 Å². The molecule has 3 atom stereocenters. The van der Waals surface area contributed by atoms with Crippen LogP contribution in [0, 0.1) is 12.8 Å². The first-order chi connectivity index (χ1) is 8.93. The predicted octanol–water partition coefficient (Wildman–Crippen LogP) is 2.60. The lowest BCUT2D eigenvalue weighted by Crippen LogP contribution is -2.42. The normalized spacial score (nSPS) is 32.9. The number of benzene rings is 1. The molecule has 3 rings (SSSR count). The van der Waals surface area contributed by atoms with Crippen molar-refractivity contribution in [2.45, 2.75) is 55.8 Å². The fourth-order valence-corrected chi connectivity index (χ4v) is 5.21. The maximum absolute atomic E-state index is 12.7. The second kappa shape index (κ2) is 4.32. The van der Waals surface area contributed by atoms with Crippen molar-refractivity contribution in [3.63, 3.8) is 0 Å². The van der Waals surface area contributed by atoms with Crippen LogP contribution >= 0.6 is 0 Å². The summed E-state index contributed by atoms with van der Waals surface area (Å²) in [4.78, 5) is 0.568. The van der Waals surface area contributed by atoms with Crippen LogP contribution in [0.15, 0.2) is 23.1 Å². The fraction of sp³-hybridized carbons (Fsp3) is 0.600. The molecule has 0 amide bonds. The Bertz CT molecular complexity index is 605. The maximum atomic E-state index is 12.7. The molecule has 1 aromatic rings. The lowest BCUT2D eigenvalue weighted by atomic mass is 9.90. The van der Waals surface area contributed by atoms with Crippen LogP contribution in [0.5, 0.6) is 0 Å². The summed E-state index contributed by atoms with van der Waals surface area (Å²) in [6.45, 7) is 5.79. The second-order valence-corrected chi connectivity index (χ2v) is 8.26. The first-order valence-electron chi connectivity index (χ1n) is 7.02. The van der Waals surface area contributed by atoms with Crippen molar-refractivity contribution in [3.05, 3.63) is 29.3 Å². The minimum Gasteiger partial charge on any atom is -0.307 e. The van der Waals surface area contributed by atoms with E-state index >= 15 is 0 Å². The lowest BCUT2D eigenvalue weighted by molar-refractivity contribution is 0.355. The SMILES string of the molecule is Cc1cccc2c1S(=O)(=O)C(C)C(C)C2NC1CC1. The van der Waals surface area contributed by atoms with Crippen molar-refractivity contribution in [1.82, 2.24) is 5.32 Å². The molecule has 4 heteroatoms. The molecule has 0 aromatic heterocycles. The van der Waals surface area contributed by atoms with Gasteiger partial charge in [0.05, 0.1) is 10.1 Å². The van der Waals surface area contributed by atoms with Gasteiger partial charge in [-0.05, 0) is 43.7 Å². The third kappa shape index (κ3) is 2.01. The van der Waals surface area contributed by atoms with E-state index in [9.17, 15) is 8.42 Å². The Morgan fingerprint density at radius 1 is 1.21 bits per heavy atom. The zero-order valence-electron chi connectivity index (χ0n) is 11.7. The Morgan fingerprint density at radius 3 is 2.53 bits per heavy atom. The molecular formula is C15H21NO2S. The van der Waals surface area contributed by atoms with Crippen molar-refractivity contribution in [3.8, 4) is 0 Å². The van der Waals surface area contributed by atoms with E-state index < -0.39 is 9.84 Å². The largest absolute Gasteiger partial charge is 0.307 e. The van der Waals surface area contributed by atoms with Gasteiger partial charge in [0.2, 0.25) is 0 Å². The van der Waals surface area contributed by atoms with Gasteiger partial charge in [0, 0.05) is 12.1 Å². The topological polar surface area (TPSA) is 46.2 Å². The quantitative estimate of drug-likeness (QED) is 0.905. The molecule has 0 saturated heterocycles. The first kappa shape index (κ1) is 13.1. The fourth-order valence-electron chi connectivity index (χ4n) is 3.08. The minimum atomic E-state index is -3.19. The first-order valence-corrected chi connectivity index (χ1v) is 8.57. The van der Waals surface area contributed by atoms with E-state index in [1.165, 1.54) is 12.8 Å². The summed E-state index contributed by atoms with van der Waals surface area (Å²) in [5.74, 6) is 0.111. The predicted molar refractivity (Wildman–Crippen MR) is 75.9 cm³/mol. The van der Waals surface area contributed by atoms with Gasteiger partial charge in [0.25, 0.3) is 0 Å². The molecule has 1 aliphatic heterocycles. The van der Waals surface area contributed by atoms with Gasteiger partial charge in [-0.25, -0.2) is 8.42 Å². The van der Waals surface area contributed by atoms with Gasteiger partial charge in [0.15, 0.2) is 9.84 Å². The Balaban J connectivity index is 2.16. The van der Waals surface area contributed by atoms with E-state index in [2.05, 4.69) is 5.32 Å². The number of fused-ring (bicyclic) bond motifs is 1. The van der Waals surface area contributed by atoms with Gasteiger partial charge < -0.3 is 5.32 Å². The van der Waals surface area contributed by atoms with Crippen molar-refractivity contribution >= 4 is 9.84 Å². The molecule has 0 radical (unpaired) electrons. The number of rotatable bonds is 2. The summed E-state index contributed by atoms with van der Waals surface area (Å²) < 4.78 is 25.3. The van der Waals surface area contributed by atoms with Gasteiger partial charge in [-0.2, -0.15) is 0 Å². The van der Waals surface area contributed by atoms with Crippen molar-refractivity contribution < 1.29 is 8.42 Å². The van der Waals surface area contributed by atoms with Crippen LogP contribution in [0.2, 0.25) is 0 Å². The van der Waals surface area contributed by atoms with E-state index in [0.29, 0.717) is 10.9 Å². The molecule has 1 saturated carbocycles. The number of hydrogen-bond acceptors (Lipinski definition) is 3. The molecule has 1 fully saturated rings. The third-order valence-corrected chi connectivity index (χ3v) is 7.15. The van der Waals surface area contributed by atoms with Gasteiger partial charge >= 0.3 is 0 Å². The van der Waals surface area contributed by atoms with Gasteiger partial charge in [-0.3, -0.25) is 0 Å². The maximum Gasteiger partial charge on any atom is 0.181 e. The van der Waals surface area contributed by atoms with E-state index in [0.717, 1.165) is 11.1 Å². The summed E-state index contributed by atoms with van der Waals surface area (Å²) in [7, 11) is -3.19. The van der Waals surface area contributed by atoms with Crippen LogP contribution in [0.4, 0.5) is 0 Å².